The maximum atomic E-state index is 11.8. The van der Waals surface area contributed by atoms with E-state index in [0.717, 1.165) is 0 Å². The molecule has 0 spiro atoms. The number of amides is 1. The quantitative estimate of drug-likeness (QED) is 0.808. The molecule has 0 heterocycles. The van der Waals surface area contributed by atoms with E-state index in [9.17, 15) is 9.90 Å². The normalized spacial score (nSPS) is 13.8. The summed E-state index contributed by atoms with van der Waals surface area (Å²) < 4.78 is 5.30. The highest BCUT2D eigenvalue weighted by Crippen LogP contribution is 2.12. The van der Waals surface area contributed by atoms with Crippen molar-refractivity contribution in [3.05, 3.63) is 0 Å². The van der Waals surface area contributed by atoms with Crippen molar-refractivity contribution in [3.63, 3.8) is 0 Å². The second-order valence-electron chi connectivity index (χ2n) is 5.41. The molecule has 0 bridgehead atoms. The average molecular weight is 231 g/mol. The van der Waals surface area contributed by atoms with Crippen LogP contribution in [0.5, 0.6) is 0 Å². The summed E-state index contributed by atoms with van der Waals surface area (Å²) in [6.45, 7) is 11.6. The molecule has 0 aromatic rings. The van der Waals surface area contributed by atoms with Gasteiger partial charge in [-0.15, -0.1) is 0 Å². The van der Waals surface area contributed by atoms with Crippen LogP contribution in [0.2, 0.25) is 0 Å². The van der Waals surface area contributed by atoms with Crippen molar-refractivity contribution in [1.29, 1.82) is 0 Å². The molecule has 0 saturated heterocycles. The number of hydrogen-bond acceptors (Lipinski definition) is 3. The fourth-order valence-electron chi connectivity index (χ4n) is 1.21. The Labute approximate surface area is 98.6 Å². The van der Waals surface area contributed by atoms with Crippen LogP contribution < -0.4 is 0 Å². The maximum absolute atomic E-state index is 11.8. The minimum absolute atomic E-state index is 0.0774. The zero-order valence-electron chi connectivity index (χ0n) is 11.3. The summed E-state index contributed by atoms with van der Waals surface area (Å²) in [5, 5.41) is 9.22. The third kappa shape index (κ3) is 6.67. The monoisotopic (exact) mass is 231 g/mol. The van der Waals surface area contributed by atoms with Crippen LogP contribution in [-0.4, -0.2) is 40.4 Å². The maximum Gasteiger partial charge on any atom is 0.410 e. The molecule has 96 valence electrons. The molecule has 4 nitrogen and oxygen atoms in total. The van der Waals surface area contributed by atoms with E-state index < -0.39 is 11.7 Å². The van der Waals surface area contributed by atoms with E-state index in [1.54, 1.807) is 11.8 Å². The van der Waals surface area contributed by atoms with Gasteiger partial charge in [-0.3, -0.25) is 0 Å². The lowest BCUT2D eigenvalue weighted by molar-refractivity contribution is 0.0165. The van der Waals surface area contributed by atoms with Crippen molar-refractivity contribution in [2.45, 2.75) is 65.7 Å². The third-order valence-corrected chi connectivity index (χ3v) is 2.04. The van der Waals surface area contributed by atoms with Gasteiger partial charge in [-0.2, -0.15) is 0 Å². The Kier molecular flexibility index (Phi) is 5.79. The molecule has 4 heteroatoms. The third-order valence-electron chi connectivity index (χ3n) is 2.04. The number of rotatable bonds is 4. The SMILES string of the molecule is CC(O)CCN(C(=O)OC(C)(C)C)C(C)C. The minimum atomic E-state index is -0.477. The first-order valence-corrected chi connectivity index (χ1v) is 5.81. The Morgan fingerprint density at radius 2 is 1.81 bits per heavy atom. The fourth-order valence-corrected chi connectivity index (χ4v) is 1.21. The van der Waals surface area contributed by atoms with Crippen LogP contribution in [-0.2, 0) is 4.74 Å². The van der Waals surface area contributed by atoms with Gasteiger partial charge in [0.1, 0.15) is 5.60 Å². The molecule has 0 radical (unpaired) electrons. The van der Waals surface area contributed by atoms with Crippen LogP contribution >= 0.6 is 0 Å². The highest BCUT2D eigenvalue weighted by Gasteiger charge is 2.23. The van der Waals surface area contributed by atoms with Crippen LogP contribution in [0.4, 0.5) is 4.79 Å². The molecule has 0 aromatic heterocycles. The molecule has 1 unspecified atom stereocenters. The first kappa shape index (κ1) is 15.2. The summed E-state index contributed by atoms with van der Waals surface area (Å²) in [5.41, 5.74) is -0.477. The van der Waals surface area contributed by atoms with Crippen LogP contribution in [0, 0.1) is 0 Å². The van der Waals surface area contributed by atoms with Gasteiger partial charge in [0.2, 0.25) is 0 Å². The number of nitrogens with zero attached hydrogens (tertiary/aromatic N) is 1. The number of hydrogen-bond donors (Lipinski definition) is 1. The molecule has 0 aliphatic carbocycles. The lowest BCUT2D eigenvalue weighted by Gasteiger charge is -2.30. The number of aliphatic hydroxyl groups is 1. The van der Waals surface area contributed by atoms with Gasteiger partial charge in [-0.1, -0.05) is 0 Å². The molecule has 0 fully saturated rings. The van der Waals surface area contributed by atoms with Crippen LogP contribution in [0.15, 0.2) is 0 Å². The molecular formula is C12H25NO3. The average Bonchev–Trinajstić information content (AvgIpc) is 1.98. The Hall–Kier alpha value is -0.770. The summed E-state index contributed by atoms with van der Waals surface area (Å²) >= 11 is 0. The van der Waals surface area contributed by atoms with Crippen LogP contribution in [0.25, 0.3) is 0 Å². The summed E-state index contributed by atoms with van der Waals surface area (Å²) in [4.78, 5) is 13.5. The van der Waals surface area contributed by atoms with E-state index in [4.69, 9.17) is 4.74 Å². The first-order valence-electron chi connectivity index (χ1n) is 5.81. The van der Waals surface area contributed by atoms with E-state index in [2.05, 4.69) is 0 Å². The predicted octanol–water partition coefficient (Wildman–Crippen LogP) is 2.40. The number of carbonyl (C=O) groups is 1. The molecule has 1 atom stereocenters. The van der Waals surface area contributed by atoms with Gasteiger partial charge in [0.25, 0.3) is 0 Å². The van der Waals surface area contributed by atoms with Crippen molar-refractivity contribution < 1.29 is 14.6 Å². The molecule has 0 aliphatic heterocycles. The second kappa shape index (κ2) is 6.09. The highest BCUT2D eigenvalue weighted by molar-refractivity contribution is 5.68. The van der Waals surface area contributed by atoms with Crippen LogP contribution in [0.1, 0.15) is 48.0 Å². The van der Waals surface area contributed by atoms with Crippen molar-refractivity contribution >= 4 is 6.09 Å². The van der Waals surface area contributed by atoms with Crippen molar-refractivity contribution in [3.8, 4) is 0 Å². The van der Waals surface area contributed by atoms with Crippen molar-refractivity contribution in [1.82, 2.24) is 4.90 Å². The molecule has 0 aliphatic rings. The lowest BCUT2D eigenvalue weighted by atomic mass is 10.2. The van der Waals surface area contributed by atoms with Crippen molar-refractivity contribution in [2.75, 3.05) is 6.54 Å². The molecule has 1 amide bonds. The second-order valence-corrected chi connectivity index (χ2v) is 5.41. The molecule has 0 rings (SSSR count). The number of carbonyl (C=O) groups excluding carboxylic acids is 1. The zero-order valence-corrected chi connectivity index (χ0v) is 11.3. The minimum Gasteiger partial charge on any atom is -0.444 e. The van der Waals surface area contributed by atoms with Gasteiger partial charge in [-0.05, 0) is 48.0 Å². The van der Waals surface area contributed by atoms with Gasteiger partial charge in [-0.25, -0.2) is 4.79 Å². The summed E-state index contributed by atoms with van der Waals surface area (Å²) in [6, 6.07) is 0.0774. The standard InChI is InChI=1S/C12H25NO3/c1-9(2)13(8-7-10(3)14)11(15)16-12(4,5)6/h9-10,14H,7-8H2,1-6H3. The summed E-state index contributed by atoms with van der Waals surface area (Å²) in [5.74, 6) is 0. The Bertz CT molecular complexity index is 219. The Balaban J connectivity index is 4.36. The zero-order chi connectivity index (χ0) is 12.9. The molecular weight excluding hydrogens is 206 g/mol. The molecule has 16 heavy (non-hydrogen) atoms. The van der Waals surface area contributed by atoms with E-state index in [0.29, 0.717) is 13.0 Å². The topological polar surface area (TPSA) is 49.8 Å². The van der Waals surface area contributed by atoms with Gasteiger partial charge in [0.15, 0.2) is 0 Å². The van der Waals surface area contributed by atoms with E-state index in [-0.39, 0.29) is 12.1 Å². The van der Waals surface area contributed by atoms with Gasteiger partial charge in [0.05, 0.1) is 6.10 Å². The smallest absolute Gasteiger partial charge is 0.410 e. The lowest BCUT2D eigenvalue weighted by Crippen LogP contribution is -2.42. The number of aliphatic hydroxyl groups excluding tert-OH is 1. The molecule has 0 aromatic carbocycles. The number of ether oxygens (including phenoxy) is 1. The van der Waals surface area contributed by atoms with Gasteiger partial charge in [0, 0.05) is 12.6 Å². The van der Waals surface area contributed by atoms with Gasteiger partial charge >= 0.3 is 6.09 Å². The largest absolute Gasteiger partial charge is 0.444 e. The van der Waals surface area contributed by atoms with E-state index in [1.807, 2.05) is 34.6 Å². The Morgan fingerprint density at radius 1 is 1.31 bits per heavy atom. The highest BCUT2D eigenvalue weighted by atomic mass is 16.6. The fraction of sp³-hybridized carbons (Fsp3) is 0.917. The van der Waals surface area contributed by atoms with Crippen molar-refractivity contribution in [2.24, 2.45) is 0 Å². The van der Waals surface area contributed by atoms with Crippen LogP contribution in [0.3, 0.4) is 0 Å². The summed E-state index contributed by atoms with van der Waals surface area (Å²) in [7, 11) is 0. The Morgan fingerprint density at radius 3 is 2.12 bits per heavy atom. The van der Waals surface area contributed by atoms with Gasteiger partial charge < -0.3 is 14.7 Å². The summed E-state index contributed by atoms with van der Waals surface area (Å²) in [6.07, 6.45) is -0.149. The van der Waals surface area contributed by atoms with E-state index >= 15 is 0 Å². The first-order chi connectivity index (χ1) is 7.13. The molecule has 1 N–H and O–H groups in total. The van der Waals surface area contributed by atoms with E-state index in [1.165, 1.54) is 0 Å². The molecule has 0 saturated carbocycles. The predicted molar refractivity (Wildman–Crippen MR) is 64.4 cm³/mol.